The molecule has 0 atom stereocenters. The molecule has 2 aromatic carbocycles. The minimum Gasteiger partial charge on any atom is -0.478 e. The number of nitrogens with zero attached hydrogens (tertiary/aromatic N) is 1. The van der Waals surface area contributed by atoms with Gasteiger partial charge < -0.3 is 5.11 Å². The number of carbonyl (C=O) groups excluding carboxylic acids is 1. The van der Waals surface area contributed by atoms with Crippen molar-refractivity contribution in [1.82, 2.24) is 5.43 Å². The molecule has 0 unspecified atom stereocenters. The second-order valence-corrected chi connectivity index (χ2v) is 4.00. The van der Waals surface area contributed by atoms with Gasteiger partial charge in [0.15, 0.2) is 0 Å². The summed E-state index contributed by atoms with van der Waals surface area (Å²) in [5.41, 5.74) is 3.65. The van der Waals surface area contributed by atoms with Crippen molar-refractivity contribution >= 4 is 18.1 Å². The average molecular weight is 268 g/mol. The molecule has 0 saturated heterocycles. The molecule has 2 aromatic rings. The number of benzene rings is 2. The molecule has 20 heavy (non-hydrogen) atoms. The van der Waals surface area contributed by atoms with Crippen LogP contribution in [-0.4, -0.2) is 23.2 Å². The van der Waals surface area contributed by atoms with E-state index in [9.17, 15) is 9.59 Å². The van der Waals surface area contributed by atoms with E-state index in [1.807, 2.05) is 6.07 Å². The van der Waals surface area contributed by atoms with Gasteiger partial charge in [-0.25, -0.2) is 10.2 Å². The zero-order chi connectivity index (χ0) is 14.4. The lowest BCUT2D eigenvalue weighted by Gasteiger charge is -1.99. The molecule has 0 aliphatic carbocycles. The Morgan fingerprint density at radius 1 is 1.00 bits per heavy atom. The predicted octanol–water partition coefficient (Wildman–Crippen LogP) is 2.15. The first-order chi connectivity index (χ1) is 9.66. The minimum atomic E-state index is -1.01. The molecule has 0 saturated carbocycles. The highest BCUT2D eigenvalue weighted by molar-refractivity contribution is 5.95. The van der Waals surface area contributed by atoms with Crippen LogP contribution in [0.1, 0.15) is 26.3 Å². The topological polar surface area (TPSA) is 78.8 Å². The van der Waals surface area contributed by atoms with Gasteiger partial charge in [-0.05, 0) is 29.8 Å². The van der Waals surface area contributed by atoms with Crippen LogP contribution in [0.2, 0.25) is 0 Å². The van der Waals surface area contributed by atoms with Gasteiger partial charge in [0, 0.05) is 5.56 Å². The molecular weight excluding hydrogens is 256 g/mol. The predicted molar refractivity (Wildman–Crippen MR) is 74.9 cm³/mol. The molecule has 100 valence electrons. The molecule has 1 amide bonds. The van der Waals surface area contributed by atoms with Crippen LogP contribution in [0.4, 0.5) is 0 Å². The van der Waals surface area contributed by atoms with Crippen LogP contribution in [0.5, 0.6) is 0 Å². The number of hydrogen-bond donors (Lipinski definition) is 2. The summed E-state index contributed by atoms with van der Waals surface area (Å²) in [7, 11) is 0. The van der Waals surface area contributed by atoms with Crippen molar-refractivity contribution < 1.29 is 14.7 Å². The number of carboxylic acid groups (broad SMARTS) is 1. The Balaban J connectivity index is 2.02. The van der Waals surface area contributed by atoms with E-state index in [-0.39, 0.29) is 11.5 Å². The zero-order valence-corrected chi connectivity index (χ0v) is 10.5. The number of aromatic carboxylic acids is 1. The van der Waals surface area contributed by atoms with E-state index in [0.717, 1.165) is 0 Å². The summed E-state index contributed by atoms with van der Waals surface area (Å²) < 4.78 is 0. The molecule has 5 nitrogen and oxygen atoms in total. The van der Waals surface area contributed by atoms with Crippen molar-refractivity contribution in [2.45, 2.75) is 0 Å². The maximum atomic E-state index is 11.7. The molecule has 0 aliphatic heterocycles. The first kappa shape index (κ1) is 13.5. The number of hydrazone groups is 1. The molecule has 0 heterocycles. The van der Waals surface area contributed by atoms with Crippen LogP contribution in [-0.2, 0) is 0 Å². The SMILES string of the molecule is O=C(O)c1cccc(/C=N\NC(=O)c2ccccc2)c1. The first-order valence-corrected chi connectivity index (χ1v) is 5.88. The smallest absolute Gasteiger partial charge is 0.335 e. The number of carbonyl (C=O) groups is 2. The molecule has 0 bridgehead atoms. The summed E-state index contributed by atoms with van der Waals surface area (Å²) in [6, 6.07) is 15.0. The second kappa shape index (κ2) is 6.29. The van der Waals surface area contributed by atoms with Crippen molar-refractivity contribution in [2.24, 2.45) is 5.10 Å². The Morgan fingerprint density at radius 2 is 1.70 bits per heavy atom. The third-order valence-electron chi connectivity index (χ3n) is 2.55. The van der Waals surface area contributed by atoms with E-state index < -0.39 is 5.97 Å². The van der Waals surface area contributed by atoms with Gasteiger partial charge in [0.2, 0.25) is 0 Å². The molecule has 0 radical (unpaired) electrons. The van der Waals surface area contributed by atoms with Gasteiger partial charge in [-0.15, -0.1) is 0 Å². The molecule has 0 aliphatic rings. The lowest BCUT2D eigenvalue weighted by molar-refractivity contribution is 0.0696. The number of rotatable bonds is 4. The van der Waals surface area contributed by atoms with Gasteiger partial charge in [0.05, 0.1) is 11.8 Å². The van der Waals surface area contributed by atoms with Gasteiger partial charge >= 0.3 is 5.97 Å². The van der Waals surface area contributed by atoms with Crippen LogP contribution in [0, 0.1) is 0 Å². The third-order valence-corrected chi connectivity index (χ3v) is 2.55. The monoisotopic (exact) mass is 268 g/mol. The standard InChI is InChI=1S/C15H12N2O3/c18-14(12-6-2-1-3-7-12)17-16-10-11-5-4-8-13(9-11)15(19)20/h1-10H,(H,17,18)(H,19,20)/b16-10-. The Kier molecular flexibility index (Phi) is 4.24. The number of amides is 1. The summed E-state index contributed by atoms with van der Waals surface area (Å²) in [4.78, 5) is 22.5. The van der Waals surface area contributed by atoms with Crippen molar-refractivity contribution in [3.8, 4) is 0 Å². The van der Waals surface area contributed by atoms with Gasteiger partial charge in [-0.3, -0.25) is 4.79 Å². The normalized spacial score (nSPS) is 10.4. The highest BCUT2D eigenvalue weighted by Gasteiger charge is 2.03. The molecule has 2 N–H and O–H groups in total. The highest BCUT2D eigenvalue weighted by atomic mass is 16.4. The fraction of sp³-hybridized carbons (Fsp3) is 0. The Morgan fingerprint density at radius 3 is 2.40 bits per heavy atom. The van der Waals surface area contributed by atoms with Crippen LogP contribution >= 0.6 is 0 Å². The van der Waals surface area contributed by atoms with E-state index in [1.165, 1.54) is 18.3 Å². The second-order valence-electron chi connectivity index (χ2n) is 4.00. The maximum absolute atomic E-state index is 11.7. The molecule has 0 fully saturated rings. The van der Waals surface area contributed by atoms with Gasteiger partial charge in [0.25, 0.3) is 5.91 Å². The fourth-order valence-electron chi connectivity index (χ4n) is 1.57. The Hall–Kier alpha value is -2.95. The summed E-state index contributed by atoms with van der Waals surface area (Å²) in [5.74, 6) is -1.33. The van der Waals surface area contributed by atoms with Gasteiger partial charge in [-0.1, -0.05) is 30.3 Å². The Bertz CT molecular complexity index is 651. The molecule has 0 aromatic heterocycles. The van der Waals surface area contributed by atoms with Gasteiger partial charge in [0.1, 0.15) is 0 Å². The number of hydrogen-bond acceptors (Lipinski definition) is 3. The van der Waals surface area contributed by atoms with Crippen LogP contribution in [0.25, 0.3) is 0 Å². The van der Waals surface area contributed by atoms with Crippen molar-refractivity contribution in [2.75, 3.05) is 0 Å². The minimum absolute atomic E-state index is 0.170. The summed E-state index contributed by atoms with van der Waals surface area (Å²) >= 11 is 0. The van der Waals surface area contributed by atoms with E-state index in [1.54, 1.807) is 36.4 Å². The van der Waals surface area contributed by atoms with Crippen molar-refractivity contribution in [1.29, 1.82) is 0 Å². The van der Waals surface area contributed by atoms with Crippen LogP contribution in [0.15, 0.2) is 59.7 Å². The van der Waals surface area contributed by atoms with Gasteiger partial charge in [-0.2, -0.15) is 5.10 Å². The van der Waals surface area contributed by atoms with Crippen LogP contribution < -0.4 is 5.43 Å². The fourth-order valence-corrected chi connectivity index (χ4v) is 1.57. The van der Waals surface area contributed by atoms with Crippen LogP contribution in [0.3, 0.4) is 0 Å². The quantitative estimate of drug-likeness (QED) is 0.658. The number of carboxylic acids is 1. The van der Waals surface area contributed by atoms with Crippen molar-refractivity contribution in [3.63, 3.8) is 0 Å². The average Bonchev–Trinajstić information content (AvgIpc) is 2.48. The van der Waals surface area contributed by atoms with E-state index in [0.29, 0.717) is 11.1 Å². The first-order valence-electron chi connectivity index (χ1n) is 5.88. The third kappa shape index (κ3) is 3.52. The summed E-state index contributed by atoms with van der Waals surface area (Å²) in [6.45, 7) is 0. The lowest BCUT2D eigenvalue weighted by Crippen LogP contribution is -2.17. The molecule has 0 spiro atoms. The zero-order valence-electron chi connectivity index (χ0n) is 10.5. The Labute approximate surface area is 115 Å². The summed E-state index contributed by atoms with van der Waals surface area (Å²) in [6.07, 6.45) is 1.40. The maximum Gasteiger partial charge on any atom is 0.335 e. The van der Waals surface area contributed by atoms with E-state index in [4.69, 9.17) is 5.11 Å². The van der Waals surface area contributed by atoms with E-state index in [2.05, 4.69) is 10.5 Å². The summed E-state index contributed by atoms with van der Waals surface area (Å²) in [5, 5.41) is 12.7. The molecular formula is C15H12N2O3. The number of nitrogens with one attached hydrogen (secondary N) is 1. The van der Waals surface area contributed by atoms with E-state index >= 15 is 0 Å². The van der Waals surface area contributed by atoms with Crippen molar-refractivity contribution in [3.05, 3.63) is 71.3 Å². The highest BCUT2D eigenvalue weighted by Crippen LogP contribution is 2.03. The molecule has 2 rings (SSSR count). The molecule has 5 heteroatoms. The largest absolute Gasteiger partial charge is 0.478 e. The lowest BCUT2D eigenvalue weighted by atomic mass is 10.1.